The van der Waals surface area contributed by atoms with Crippen molar-refractivity contribution in [3.05, 3.63) is 29.6 Å². The molecule has 0 aliphatic rings. The largest absolute Gasteiger partial charge is 0.398 e. The topological polar surface area (TPSA) is 96.7 Å². The van der Waals surface area contributed by atoms with E-state index in [4.69, 9.17) is 5.73 Å². The van der Waals surface area contributed by atoms with Crippen molar-refractivity contribution in [3.8, 4) is 0 Å². The van der Waals surface area contributed by atoms with E-state index in [9.17, 15) is 4.79 Å². The van der Waals surface area contributed by atoms with Crippen molar-refractivity contribution in [2.45, 2.75) is 17.0 Å². The van der Waals surface area contributed by atoms with E-state index < -0.39 is 0 Å². The number of nitrogens with zero attached hydrogens (tertiary/aromatic N) is 2. The minimum absolute atomic E-state index is 0.150. The van der Waals surface area contributed by atoms with Crippen LogP contribution in [-0.2, 0) is 0 Å². The van der Waals surface area contributed by atoms with Gasteiger partial charge in [0.25, 0.3) is 5.91 Å². The first-order chi connectivity index (χ1) is 8.60. The molecule has 1 heterocycles. The molecule has 0 unspecified atom stereocenters. The molecular formula is C11H13N5OS. The number of hydrogen-bond donors (Lipinski definition) is 3. The van der Waals surface area contributed by atoms with Gasteiger partial charge < -0.3 is 11.1 Å². The van der Waals surface area contributed by atoms with Gasteiger partial charge in [-0.15, -0.1) is 5.10 Å². The number of carbonyl (C=O) groups is 1. The van der Waals surface area contributed by atoms with Gasteiger partial charge in [0.15, 0.2) is 0 Å². The quantitative estimate of drug-likeness (QED) is 0.723. The molecule has 0 fully saturated rings. The number of rotatable bonds is 3. The number of hydrogen-bond acceptors (Lipinski definition) is 5. The number of aryl methyl sites for hydroxylation is 1. The van der Waals surface area contributed by atoms with E-state index in [2.05, 4.69) is 20.5 Å². The van der Waals surface area contributed by atoms with Crippen LogP contribution in [0.1, 0.15) is 16.2 Å². The van der Waals surface area contributed by atoms with E-state index in [1.807, 2.05) is 6.92 Å². The summed E-state index contributed by atoms with van der Waals surface area (Å²) in [6.07, 6.45) is 0. The Balaban J connectivity index is 2.29. The van der Waals surface area contributed by atoms with E-state index in [1.54, 1.807) is 25.2 Å². The Hall–Kier alpha value is -2.02. The Morgan fingerprint density at radius 1 is 1.50 bits per heavy atom. The molecule has 0 aliphatic carbocycles. The predicted molar refractivity (Wildman–Crippen MR) is 69.5 cm³/mol. The standard InChI is InChI=1S/C11H13N5OS/c1-6-14-11(16-15-6)18-9-5-7(10(17)13-2)3-4-8(9)12/h3-5H,12H2,1-2H3,(H,13,17)(H,14,15,16). The lowest BCUT2D eigenvalue weighted by molar-refractivity contribution is 0.0963. The van der Waals surface area contributed by atoms with Crippen LogP contribution in [0.2, 0.25) is 0 Å². The van der Waals surface area contributed by atoms with Crippen LogP contribution in [0.15, 0.2) is 28.3 Å². The first-order valence-electron chi connectivity index (χ1n) is 5.28. The number of amides is 1. The van der Waals surface area contributed by atoms with Crippen LogP contribution in [0.25, 0.3) is 0 Å². The minimum atomic E-state index is -0.150. The zero-order valence-electron chi connectivity index (χ0n) is 10.0. The number of anilines is 1. The Bertz CT molecular complexity index is 581. The molecule has 0 saturated carbocycles. The summed E-state index contributed by atoms with van der Waals surface area (Å²) in [6.45, 7) is 1.82. The SMILES string of the molecule is CNC(=O)c1ccc(N)c(Sc2n[nH]c(C)n2)c1. The Morgan fingerprint density at radius 2 is 2.28 bits per heavy atom. The summed E-state index contributed by atoms with van der Waals surface area (Å²) in [5.74, 6) is 0.585. The predicted octanol–water partition coefficient (Wildman–Crippen LogP) is 1.21. The van der Waals surface area contributed by atoms with Crippen molar-refractivity contribution in [3.63, 3.8) is 0 Å². The lowest BCUT2D eigenvalue weighted by atomic mass is 10.2. The number of carbonyl (C=O) groups excluding carboxylic acids is 1. The van der Waals surface area contributed by atoms with Crippen molar-refractivity contribution in [1.82, 2.24) is 20.5 Å². The third-order valence-corrected chi connectivity index (χ3v) is 3.22. The highest BCUT2D eigenvalue weighted by Crippen LogP contribution is 2.30. The van der Waals surface area contributed by atoms with Crippen molar-refractivity contribution in [2.75, 3.05) is 12.8 Å². The van der Waals surface area contributed by atoms with Gasteiger partial charge in [-0.05, 0) is 36.9 Å². The molecule has 0 bridgehead atoms. The molecule has 94 valence electrons. The lowest BCUT2D eigenvalue weighted by Crippen LogP contribution is -2.17. The van der Waals surface area contributed by atoms with Gasteiger partial charge in [0.2, 0.25) is 5.16 Å². The Morgan fingerprint density at radius 3 is 2.89 bits per heavy atom. The van der Waals surface area contributed by atoms with Gasteiger partial charge in [0.05, 0.1) is 0 Å². The number of benzene rings is 1. The van der Waals surface area contributed by atoms with Crippen molar-refractivity contribution < 1.29 is 4.79 Å². The molecule has 4 N–H and O–H groups in total. The van der Waals surface area contributed by atoms with Gasteiger partial charge in [-0.2, -0.15) is 0 Å². The van der Waals surface area contributed by atoms with Crippen LogP contribution in [-0.4, -0.2) is 28.1 Å². The molecule has 0 radical (unpaired) electrons. The molecule has 0 aliphatic heterocycles. The second-order valence-corrected chi connectivity index (χ2v) is 4.65. The Labute approximate surface area is 108 Å². The average Bonchev–Trinajstić information content (AvgIpc) is 2.76. The molecule has 0 spiro atoms. The van der Waals surface area contributed by atoms with Gasteiger partial charge in [-0.3, -0.25) is 9.89 Å². The fraction of sp³-hybridized carbons (Fsp3) is 0.182. The third-order valence-electron chi connectivity index (χ3n) is 2.28. The van der Waals surface area contributed by atoms with Crippen LogP contribution in [0.3, 0.4) is 0 Å². The maximum Gasteiger partial charge on any atom is 0.251 e. The highest BCUT2D eigenvalue weighted by molar-refractivity contribution is 7.99. The second kappa shape index (κ2) is 5.09. The summed E-state index contributed by atoms with van der Waals surface area (Å²) in [5.41, 5.74) is 7.02. The fourth-order valence-corrected chi connectivity index (χ4v) is 2.22. The van der Waals surface area contributed by atoms with Crippen LogP contribution < -0.4 is 11.1 Å². The molecule has 2 rings (SSSR count). The average molecular weight is 263 g/mol. The van der Waals surface area contributed by atoms with Crippen LogP contribution in [0.5, 0.6) is 0 Å². The van der Waals surface area contributed by atoms with E-state index in [-0.39, 0.29) is 5.91 Å². The second-order valence-electron chi connectivity index (χ2n) is 3.64. The molecule has 6 nitrogen and oxygen atoms in total. The number of nitrogens with two attached hydrogens (primary N) is 1. The smallest absolute Gasteiger partial charge is 0.251 e. The van der Waals surface area contributed by atoms with E-state index in [0.29, 0.717) is 16.4 Å². The molecule has 7 heteroatoms. The highest BCUT2D eigenvalue weighted by Gasteiger charge is 2.10. The minimum Gasteiger partial charge on any atom is -0.398 e. The molecule has 2 aromatic rings. The zero-order valence-corrected chi connectivity index (χ0v) is 10.8. The summed E-state index contributed by atoms with van der Waals surface area (Å²) in [5, 5.41) is 9.92. The summed E-state index contributed by atoms with van der Waals surface area (Å²) >= 11 is 1.32. The van der Waals surface area contributed by atoms with Crippen LogP contribution in [0, 0.1) is 6.92 Å². The third kappa shape index (κ3) is 2.62. The first-order valence-corrected chi connectivity index (χ1v) is 6.10. The Kier molecular flexibility index (Phi) is 3.52. The molecule has 1 aromatic carbocycles. The van der Waals surface area contributed by atoms with Gasteiger partial charge in [-0.1, -0.05) is 0 Å². The summed E-state index contributed by atoms with van der Waals surface area (Å²) in [7, 11) is 1.59. The summed E-state index contributed by atoms with van der Waals surface area (Å²) in [4.78, 5) is 16.5. The number of nitrogens with one attached hydrogen (secondary N) is 2. The first kappa shape index (κ1) is 12.4. The normalized spacial score (nSPS) is 10.3. The molecule has 1 amide bonds. The van der Waals surface area contributed by atoms with Crippen molar-refractivity contribution in [1.29, 1.82) is 0 Å². The van der Waals surface area contributed by atoms with Gasteiger partial charge in [0.1, 0.15) is 5.82 Å². The number of aromatic nitrogens is 3. The fourth-order valence-electron chi connectivity index (χ4n) is 1.37. The summed E-state index contributed by atoms with van der Waals surface area (Å²) < 4.78 is 0. The molecule has 0 atom stereocenters. The number of aromatic amines is 1. The maximum atomic E-state index is 11.5. The molecular weight excluding hydrogens is 250 g/mol. The molecule has 0 saturated heterocycles. The van der Waals surface area contributed by atoms with Gasteiger partial charge in [0, 0.05) is 23.2 Å². The van der Waals surface area contributed by atoms with Gasteiger partial charge in [-0.25, -0.2) is 4.98 Å². The highest BCUT2D eigenvalue weighted by atomic mass is 32.2. The zero-order chi connectivity index (χ0) is 13.1. The van der Waals surface area contributed by atoms with E-state index in [0.717, 1.165) is 10.7 Å². The lowest BCUT2D eigenvalue weighted by Gasteiger charge is -2.05. The maximum absolute atomic E-state index is 11.5. The van der Waals surface area contributed by atoms with Crippen LogP contribution >= 0.6 is 11.8 Å². The number of H-pyrrole nitrogens is 1. The van der Waals surface area contributed by atoms with E-state index in [1.165, 1.54) is 11.8 Å². The summed E-state index contributed by atoms with van der Waals surface area (Å²) in [6, 6.07) is 5.11. The monoisotopic (exact) mass is 263 g/mol. The van der Waals surface area contributed by atoms with Gasteiger partial charge >= 0.3 is 0 Å². The molecule has 18 heavy (non-hydrogen) atoms. The van der Waals surface area contributed by atoms with Crippen molar-refractivity contribution >= 4 is 23.4 Å². The van der Waals surface area contributed by atoms with E-state index >= 15 is 0 Å². The number of nitrogen functional groups attached to an aromatic ring is 1. The van der Waals surface area contributed by atoms with Crippen LogP contribution in [0.4, 0.5) is 5.69 Å². The molecule has 1 aromatic heterocycles. The van der Waals surface area contributed by atoms with Crippen molar-refractivity contribution in [2.24, 2.45) is 0 Å².